The van der Waals surface area contributed by atoms with E-state index >= 15 is 0 Å². The van der Waals surface area contributed by atoms with Crippen LogP contribution in [0.25, 0.3) is 5.70 Å². The standard InChI is InChI=1S/C19H27N3OS/c1-14(21-5-7-24(2,23)8-6-21)18-4-3-17(20)11-19(18)22-12-15-9-16(10-15)13-22/h3-4,11,15-16H,1-2,5-10,12-13,20H2. The number of nitrogens with two attached hydrogens (primary N) is 1. The van der Waals surface area contributed by atoms with Gasteiger partial charge in [-0.15, -0.1) is 0 Å². The summed E-state index contributed by atoms with van der Waals surface area (Å²) in [4.78, 5) is 4.75. The van der Waals surface area contributed by atoms with Gasteiger partial charge in [0.25, 0.3) is 0 Å². The van der Waals surface area contributed by atoms with Gasteiger partial charge in [0.05, 0.1) is 0 Å². The van der Waals surface area contributed by atoms with Gasteiger partial charge in [0.2, 0.25) is 0 Å². The van der Waals surface area contributed by atoms with Crippen molar-refractivity contribution < 1.29 is 4.21 Å². The number of anilines is 2. The van der Waals surface area contributed by atoms with Crippen molar-refractivity contribution in [2.75, 3.05) is 48.3 Å². The summed E-state index contributed by atoms with van der Waals surface area (Å²) in [6, 6.07) is 6.16. The largest absolute Gasteiger partial charge is 0.399 e. The van der Waals surface area contributed by atoms with Crippen LogP contribution in [0.5, 0.6) is 0 Å². The normalized spacial score (nSPS) is 28.3. The van der Waals surface area contributed by atoms with E-state index in [1.54, 1.807) is 0 Å². The molecule has 0 atom stereocenters. The average molecular weight is 346 g/mol. The van der Waals surface area contributed by atoms with E-state index in [9.17, 15) is 4.21 Å². The van der Waals surface area contributed by atoms with Crippen LogP contribution < -0.4 is 10.6 Å². The van der Waals surface area contributed by atoms with Crippen molar-refractivity contribution in [3.8, 4) is 0 Å². The molecule has 5 heteroatoms. The first-order valence-electron chi connectivity index (χ1n) is 8.82. The predicted molar refractivity (Wildman–Crippen MR) is 105 cm³/mol. The molecule has 0 unspecified atom stereocenters. The monoisotopic (exact) mass is 345 g/mol. The van der Waals surface area contributed by atoms with Crippen molar-refractivity contribution in [3.05, 3.63) is 30.3 Å². The third kappa shape index (κ3) is 2.90. The highest BCUT2D eigenvalue weighted by Crippen LogP contribution is 2.43. The summed E-state index contributed by atoms with van der Waals surface area (Å²) in [5, 5.41) is 0. The fourth-order valence-corrected chi connectivity index (χ4v) is 5.64. The van der Waals surface area contributed by atoms with E-state index in [2.05, 4.69) is 34.4 Å². The molecule has 24 heavy (non-hydrogen) atoms. The van der Waals surface area contributed by atoms with Gasteiger partial charge in [-0.2, -0.15) is 0 Å². The molecule has 0 spiro atoms. The molecule has 5 rings (SSSR count). The maximum Gasteiger partial charge on any atom is 0.0481 e. The maximum atomic E-state index is 12.1. The zero-order valence-electron chi connectivity index (χ0n) is 14.2. The number of hydrogen-bond acceptors (Lipinski definition) is 4. The molecule has 2 N–H and O–H groups in total. The van der Waals surface area contributed by atoms with E-state index in [-0.39, 0.29) is 0 Å². The van der Waals surface area contributed by atoms with E-state index in [0.717, 1.165) is 49.4 Å². The summed E-state index contributed by atoms with van der Waals surface area (Å²) in [7, 11) is -1.88. The summed E-state index contributed by atoms with van der Waals surface area (Å²) in [6.07, 6.45) is 2.78. The molecule has 1 saturated carbocycles. The number of rotatable bonds is 3. The highest BCUT2D eigenvalue weighted by molar-refractivity contribution is 8.00. The second-order valence-corrected chi connectivity index (χ2v) is 10.4. The molecule has 130 valence electrons. The van der Waals surface area contributed by atoms with Crippen molar-refractivity contribution >= 4 is 32.5 Å². The Hall–Kier alpha value is -1.62. The van der Waals surface area contributed by atoms with Crippen LogP contribution in [0.4, 0.5) is 11.4 Å². The van der Waals surface area contributed by atoms with Crippen LogP contribution in [0.15, 0.2) is 24.8 Å². The molecule has 3 saturated heterocycles. The van der Waals surface area contributed by atoms with E-state index in [1.807, 2.05) is 6.07 Å². The second-order valence-electron chi connectivity index (χ2n) is 7.69. The molecule has 3 heterocycles. The minimum Gasteiger partial charge on any atom is -0.399 e. The van der Waals surface area contributed by atoms with Crippen molar-refractivity contribution in [2.24, 2.45) is 11.8 Å². The molecule has 0 amide bonds. The Bertz CT molecular complexity index is 741. The molecule has 2 bridgehead atoms. The van der Waals surface area contributed by atoms with E-state index in [0.29, 0.717) is 11.5 Å². The van der Waals surface area contributed by atoms with Gasteiger partial charge in [0.1, 0.15) is 0 Å². The molecule has 4 aliphatic rings. The lowest BCUT2D eigenvalue weighted by atomic mass is 9.71. The molecule has 4 nitrogen and oxygen atoms in total. The molecule has 4 fully saturated rings. The quantitative estimate of drug-likeness (QED) is 0.673. The molecule has 0 aromatic heterocycles. The maximum absolute atomic E-state index is 12.1. The first-order valence-corrected chi connectivity index (χ1v) is 10.9. The number of nitrogen functional groups attached to an aromatic ring is 1. The van der Waals surface area contributed by atoms with Crippen molar-refractivity contribution in [1.29, 1.82) is 0 Å². The van der Waals surface area contributed by atoms with Crippen LogP contribution in [0.2, 0.25) is 0 Å². The Morgan fingerprint density at radius 1 is 1.17 bits per heavy atom. The van der Waals surface area contributed by atoms with Gasteiger partial charge < -0.3 is 15.5 Å². The van der Waals surface area contributed by atoms with Crippen LogP contribution >= 0.6 is 0 Å². The molecule has 3 aliphatic heterocycles. The molecule has 1 aromatic rings. The van der Waals surface area contributed by atoms with Crippen LogP contribution in [0, 0.1) is 11.8 Å². The SMILES string of the molecule is C=C(c1ccc(N)cc1N1CC2CC(C2)C1)N1CCS(=C)(=O)CC1. The lowest BCUT2D eigenvalue weighted by Gasteiger charge is -2.49. The number of fused-ring (bicyclic) bond motifs is 2. The number of benzene rings is 1. The molecule has 1 aliphatic carbocycles. The Balaban J connectivity index is 1.59. The van der Waals surface area contributed by atoms with E-state index in [1.165, 1.54) is 24.1 Å². The third-order valence-electron chi connectivity index (χ3n) is 5.81. The molecule has 0 radical (unpaired) electrons. The van der Waals surface area contributed by atoms with Gasteiger partial charge in [0, 0.05) is 60.3 Å². The highest BCUT2D eigenvalue weighted by atomic mass is 32.2. The van der Waals surface area contributed by atoms with E-state index < -0.39 is 9.52 Å². The molecule has 1 aromatic carbocycles. The number of hydrogen-bond donors (Lipinski definition) is 1. The second kappa shape index (κ2) is 5.73. The lowest BCUT2D eigenvalue weighted by Crippen LogP contribution is -2.49. The van der Waals surface area contributed by atoms with Gasteiger partial charge in [-0.25, -0.2) is 0 Å². The first-order chi connectivity index (χ1) is 11.4. The van der Waals surface area contributed by atoms with Gasteiger partial charge in [-0.1, -0.05) is 6.58 Å². The molecular weight excluding hydrogens is 318 g/mol. The van der Waals surface area contributed by atoms with Gasteiger partial charge in [0.15, 0.2) is 0 Å². The zero-order chi connectivity index (χ0) is 16.9. The van der Waals surface area contributed by atoms with Gasteiger partial charge in [-0.05, 0) is 58.3 Å². The Morgan fingerprint density at radius 3 is 2.42 bits per heavy atom. The minimum atomic E-state index is -1.88. The topological polar surface area (TPSA) is 49.6 Å². The van der Waals surface area contributed by atoms with Crippen molar-refractivity contribution in [3.63, 3.8) is 0 Å². The zero-order valence-corrected chi connectivity index (χ0v) is 15.1. The number of piperidine rings is 2. The van der Waals surface area contributed by atoms with Crippen molar-refractivity contribution in [2.45, 2.75) is 12.8 Å². The highest BCUT2D eigenvalue weighted by Gasteiger charge is 2.38. The smallest absolute Gasteiger partial charge is 0.0481 e. The summed E-state index contributed by atoms with van der Waals surface area (Å²) >= 11 is 0. The van der Waals surface area contributed by atoms with Crippen LogP contribution in [-0.4, -0.2) is 52.7 Å². The Labute approximate surface area is 145 Å². The Morgan fingerprint density at radius 2 is 1.79 bits per heavy atom. The number of nitrogens with zero attached hydrogens (tertiary/aromatic N) is 2. The predicted octanol–water partition coefficient (Wildman–Crippen LogP) is 2.12. The summed E-state index contributed by atoms with van der Waals surface area (Å²) < 4.78 is 12.1. The van der Waals surface area contributed by atoms with Gasteiger partial charge in [-0.3, -0.25) is 4.21 Å². The fraction of sp³-hybridized carbons (Fsp3) is 0.526. The molecular formula is C19H27N3OS. The first kappa shape index (κ1) is 15.9. The van der Waals surface area contributed by atoms with Crippen LogP contribution in [-0.2, 0) is 9.52 Å². The minimum absolute atomic E-state index is 0.657. The summed E-state index contributed by atoms with van der Waals surface area (Å²) in [5.41, 5.74) is 10.3. The van der Waals surface area contributed by atoms with E-state index in [4.69, 9.17) is 5.73 Å². The summed E-state index contributed by atoms with van der Waals surface area (Å²) in [6.45, 7) is 8.17. The Kier molecular flexibility index (Phi) is 3.79. The van der Waals surface area contributed by atoms with Crippen molar-refractivity contribution in [1.82, 2.24) is 4.90 Å². The van der Waals surface area contributed by atoms with Crippen LogP contribution in [0.3, 0.4) is 0 Å². The lowest BCUT2D eigenvalue weighted by molar-refractivity contribution is 0.159. The van der Waals surface area contributed by atoms with Gasteiger partial charge >= 0.3 is 0 Å². The van der Waals surface area contributed by atoms with Crippen LogP contribution in [0.1, 0.15) is 18.4 Å². The third-order valence-corrected chi connectivity index (χ3v) is 7.67. The fourth-order valence-electron chi connectivity index (χ4n) is 4.33. The summed E-state index contributed by atoms with van der Waals surface area (Å²) in [5.74, 6) is 6.86. The average Bonchev–Trinajstić information content (AvgIpc) is 2.53.